The van der Waals surface area contributed by atoms with Gasteiger partial charge >= 0.3 is 12.1 Å². The second kappa shape index (κ2) is 7.42. The molecule has 4 nitrogen and oxygen atoms in total. The van der Waals surface area contributed by atoms with E-state index in [9.17, 15) is 23.1 Å². The summed E-state index contributed by atoms with van der Waals surface area (Å²) in [6, 6.07) is 13.6. The number of aromatic carboxylic acids is 1. The summed E-state index contributed by atoms with van der Waals surface area (Å²) in [6.45, 7) is 0. The van der Waals surface area contributed by atoms with Gasteiger partial charge in [-0.1, -0.05) is 47.1 Å². The molecular weight excluding hydrogens is 534 g/mol. The van der Waals surface area contributed by atoms with Gasteiger partial charge in [-0.15, -0.1) is 0 Å². The minimum Gasteiger partial charge on any atom is -0.478 e. The normalized spacial score (nSPS) is 18.9. The first-order valence-corrected chi connectivity index (χ1v) is 10.1. The highest BCUT2D eigenvalue weighted by Gasteiger charge is 2.62. The van der Waals surface area contributed by atoms with Gasteiger partial charge in [-0.25, -0.2) is 4.79 Å². The van der Waals surface area contributed by atoms with Gasteiger partial charge in [0.25, 0.3) is 5.60 Å². The van der Waals surface area contributed by atoms with Crippen LogP contribution < -0.4 is 0 Å². The molecule has 3 aromatic carbocycles. The van der Waals surface area contributed by atoms with Crippen molar-refractivity contribution in [2.75, 3.05) is 0 Å². The van der Waals surface area contributed by atoms with Crippen molar-refractivity contribution in [3.8, 4) is 0 Å². The summed E-state index contributed by atoms with van der Waals surface area (Å²) in [5.74, 6) is -1.12. The molecule has 1 aliphatic heterocycles. The lowest BCUT2D eigenvalue weighted by atomic mass is 9.85. The van der Waals surface area contributed by atoms with E-state index in [1.165, 1.54) is 24.3 Å². The maximum atomic E-state index is 14.2. The third-order valence-electron chi connectivity index (χ3n) is 4.98. The van der Waals surface area contributed by atoms with Crippen molar-refractivity contribution in [3.63, 3.8) is 0 Å². The minimum absolute atomic E-state index is 0.0559. The number of nitrogens with zero attached hydrogens (tertiary/aromatic N) is 1. The molecule has 0 radical (unpaired) electrons. The molecule has 4 rings (SSSR count). The summed E-state index contributed by atoms with van der Waals surface area (Å²) in [6.07, 6.45) is -5.33. The summed E-state index contributed by atoms with van der Waals surface area (Å²) >= 11 is 7.89. The lowest BCUT2D eigenvalue weighted by molar-refractivity contribution is -0.275. The third kappa shape index (κ3) is 3.41. The van der Waals surface area contributed by atoms with Crippen molar-refractivity contribution >= 4 is 56.6 Å². The molecule has 1 atom stereocenters. The van der Waals surface area contributed by atoms with E-state index in [0.717, 1.165) is 0 Å². The molecule has 0 saturated carbocycles. The zero-order valence-electron chi connectivity index (χ0n) is 15.0. The van der Waals surface area contributed by atoms with Crippen molar-refractivity contribution < 1.29 is 27.9 Å². The molecule has 0 amide bonds. The van der Waals surface area contributed by atoms with Gasteiger partial charge in [0.05, 0.1) is 11.3 Å². The molecule has 1 heterocycles. The van der Waals surface area contributed by atoms with Crippen molar-refractivity contribution in [2.24, 2.45) is 5.16 Å². The van der Waals surface area contributed by atoms with Crippen LogP contribution >= 0.6 is 34.2 Å². The maximum absolute atomic E-state index is 14.2. The summed E-state index contributed by atoms with van der Waals surface area (Å²) in [5.41, 5.74) is -2.30. The van der Waals surface area contributed by atoms with Gasteiger partial charge in [-0.05, 0) is 57.6 Å². The van der Waals surface area contributed by atoms with Gasteiger partial charge in [0, 0.05) is 26.1 Å². The Morgan fingerprint density at radius 3 is 2.47 bits per heavy atom. The van der Waals surface area contributed by atoms with Crippen LogP contribution in [0.4, 0.5) is 13.2 Å². The van der Waals surface area contributed by atoms with Crippen LogP contribution in [0.15, 0.2) is 59.8 Å². The van der Waals surface area contributed by atoms with Crippen LogP contribution in [-0.4, -0.2) is 23.0 Å². The van der Waals surface area contributed by atoms with Gasteiger partial charge in [-0.3, -0.25) is 0 Å². The number of halogens is 5. The molecule has 9 heteroatoms. The molecule has 30 heavy (non-hydrogen) atoms. The predicted molar refractivity (Wildman–Crippen MR) is 115 cm³/mol. The number of rotatable bonds is 3. The lowest BCUT2D eigenvalue weighted by Crippen LogP contribution is -2.42. The fourth-order valence-electron chi connectivity index (χ4n) is 3.57. The second-order valence-corrected chi connectivity index (χ2v) is 8.48. The van der Waals surface area contributed by atoms with Gasteiger partial charge in [0.15, 0.2) is 0 Å². The van der Waals surface area contributed by atoms with E-state index in [-0.39, 0.29) is 21.9 Å². The van der Waals surface area contributed by atoms with Gasteiger partial charge in [0.2, 0.25) is 0 Å². The Labute approximate surface area is 187 Å². The number of oxime groups is 1. The van der Waals surface area contributed by atoms with Crippen LogP contribution in [-0.2, 0) is 10.4 Å². The molecule has 1 N–H and O–H groups in total. The van der Waals surface area contributed by atoms with Gasteiger partial charge in [-0.2, -0.15) is 13.2 Å². The SMILES string of the molecule is O=C(O)c1ccc(C2=NOC(c3cc(Cl)cc(I)c3)(C(F)(F)F)C2)c2ccccc12. The number of hydrogen-bond donors (Lipinski definition) is 1. The lowest BCUT2D eigenvalue weighted by Gasteiger charge is -2.29. The molecule has 0 spiro atoms. The van der Waals surface area contributed by atoms with Crippen molar-refractivity contribution in [2.45, 2.75) is 18.2 Å². The monoisotopic (exact) mass is 545 g/mol. The first-order chi connectivity index (χ1) is 14.1. The Morgan fingerprint density at radius 2 is 1.83 bits per heavy atom. The highest BCUT2D eigenvalue weighted by Crippen LogP contribution is 2.49. The standard InChI is InChI=1S/C21H12ClF3INO3/c22-12-7-11(8-13(26)9-12)20(21(23,24)25)10-18(27-30-20)16-5-6-17(19(28)29)15-4-2-1-3-14(15)16/h1-9H,10H2,(H,28,29). The first kappa shape index (κ1) is 20.9. The molecular formula is C21H12ClF3INO3. The zero-order chi connectivity index (χ0) is 21.7. The molecule has 1 aliphatic rings. The fourth-order valence-corrected chi connectivity index (χ4v) is 4.66. The Balaban J connectivity index is 1.84. The third-order valence-corrected chi connectivity index (χ3v) is 5.82. The van der Waals surface area contributed by atoms with Crippen LogP contribution in [0.25, 0.3) is 10.8 Å². The van der Waals surface area contributed by atoms with E-state index in [0.29, 0.717) is 19.9 Å². The Bertz CT molecular complexity index is 1190. The van der Waals surface area contributed by atoms with E-state index in [4.69, 9.17) is 16.4 Å². The topological polar surface area (TPSA) is 58.9 Å². The van der Waals surface area contributed by atoms with Crippen LogP contribution in [0.5, 0.6) is 0 Å². The molecule has 0 bridgehead atoms. The quantitative estimate of drug-likeness (QED) is 0.389. The number of alkyl halides is 3. The minimum atomic E-state index is -4.76. The number of carboxylic acid groups (broad SMARTS) is 1. The number of carbonyl (C=O) groups is 1. The average Bonchev–Trinajstić information content (AvgIpc) is 3.13. The Morgan fingerprint density at radius 1 is 1.13 bits per heavy atom. The van der Waals surface area contributed by atoms with E-state index >= 15 is 0 Å². The summed E-state index contributed by atoms with van der Waals surface area (Å²) in [4.78, 5) is 16.6. The molecule has 0 aliphatic carbocycles. The highest BCUT2D eigenvalue weighted by atomic mass is 127. The van der Waals surface area contributed by atoms with Crippen molar-refractivity contribution in [3.05, 3.63) is 79.9 Å². The number of fused-ring (bicyclic) bond motifs is 1. The zero-order valence-corrected chi connectivity index (χ0v) is 17.9. The number of benzene rings is 3. The fraction of sp³-hybridized carbons (Fsp3) is 0.143. The van der Waals surface area contributed by atoms with Crippen LogP contribution in [0.1, 0.15) is 27.9 Å². The van der Waals surface area contributed by atoms with Crippen LogP contribution in [0.3, 0.4) is 0 Å². The largest absolute Gasteiger partial charge is 0.478 e. The summed E-state index contributed by atoms with van der Waals surface area (Å²) in [5, 5.41) is 14.3. The number of carboxylic acids is 1. The maximum Gasteiger partial charge on any atom is 0.435 e. The molecule has 0 saturated heterocycles. The van der Waals surface area contributed by atoms with Crippen molar-refractivity contribution in [1.82, 2.24) is 0 Å². The highest BCUT2D eigenvalue weighted by molar-refractivity contribution is 14.1. The average molecular weight is 546 g/mol. The summed E-state index contributed by atoms with van der Waals surface area (Å²) in [7, 11) is 0. The summed E-state index contributed by atoms with van der Waals surface area (Å²) < 4.78 is 43.2. The number of hydrogen-bond acceptors (Lipinski definition) is 3. The van der Waals surface area contributed by atoms with E-state index in [1.54, 1.807) is 30.3 Å². The van der Waals surface area contributed by atoms with E-state index in [2.05, 4.69) is 5.16 Å². The second-order valence-electron chi connectivity index (χ2n) is 6.80. The van der Waals surface area contributed by atoms with Crippen LogP contribution in [0, 0.1) is 3.57 Å². The predicted octanol–water partition coefficient (Wildman–Crippen LogP) is 6.38. The molecule has 154 valence electrons. The molecule has 1 unspecified atom stereocenters. The van der Waals surface area contributed by atoms with Gasteiger partial charge < -0.3 is 9.94 Å². The van der Waals surface area contributed by atoms with E-state index < -0.39 is 24.2 Å². The van der Waals surface area contributed by atoms with Crippen molar-refractivity contribution in [1.29, 1.82) is 0 Å². The Hall–Kier alpha value is -2.33. The molecule has 0 aromatic heterocycles. The van der Waals surface area contributed by atoms with E-state index in [1.807, 2.05) is 22.6 Å². The Kier molecular flexibility index (Phi) is 5.17. The first-order valence-electron chi connectivity index (χ1n) is 8.66. The van der Waals surface area contributed by atoms with Crippen LogP contribution in [0.2, 0.25) is 5.02 Å². The molecule has 3 aromatic rings. The van der Waals surface area contributed by atoms with Gasteiger partial charge in [0.1, 0.15) is 0 Å². The molecule has 0 fully saturated rings. The smallest absolute Gasteiger partial charge is 0.435 e.